The van der Waals surface area contributed by atoms with Gasteiger partial charge in [0.15, 0.2) is 5.11 Å². The summed E-state index contributed by atoms with van der Waals surface area (Å²) < 4.78 is 0. The molecular formula is C20H14Cl2N2OS. The van der Waals surface area contributed by atoms with E-state index in [2.05, 4.69) is 10.6 Å². The number of amides is 1. The molecule has 3 nitrogen and oxygen atoms in total. The standard InChI is InChI=1S/C20H14Cl2N2OS/c21-16-9-4-10-17(22)19(16)24-20(26)23-18(25)12-11-14-7-3-6-13-5-1-2-8-15(13)14/h1-12H,(H2,23,24,25,26)/b12-11+. The Bertz CT molecular complexity index is 992. The summed E-state index contributed by atoms with van der Waals surface area (Å²) >= 11 is 17.3. The van der Waals surface area contributed by atoms with Crippen LogP contribution in [0.5, 0.6) is 0 Å². The lowest BCUT2D eigenvalue weighted by atomic mass is 10.0. The van der Waals surface area contributed by atoms with Crippen LogP contribution >= 0.6 is 35.4 Å². The second kappa shape index (κ2) is 8.32. The normalized spacial score (nSPS) is 10.8. The molecule has 0 bridgehead atoms. The van der Waals surface area contributed by atoms with E-state index in [4.69, 9.17) is 35.4 Å². The minimum atomic E-state index is -0.349. The highest BCUT2D eigenvalue weighted by atomic mass is 35.5. The summed E-state index contributed by atoms with van der Waals surface area (Å²) in [5.41, 5.74) is 1.41. The van der Waals surface area contributed by atoms with Crippen LogP contribution in [0.4, 0.5) is 5.69 Å². The Morgan fingerprint density at radius 3 is 2.35 bits per heavy atom. The number of carbonyl (C=O) groups is 1. The smallest absolute Gasteiger partial charge is 0.250 e. The van der Waals surface area contributed by atoms with Crippen LogP contribution in [-0.4, -0.2) is 11.0 Å². The van der Waals surface area contributed by atoms with Crippen molar-refractivity contribution in [3.63, 3.8) is 0 Å². The van der Waals surface area contributed by atoms with Gasteiger partial charge in [-0.05, 0) is 46.8 Å². The fourth-order valence-electron chi connectivity index (χ4n) is 2.48. The van der Waals surface area contributed by atoms with Gasteiger partial charge < -0.3 is 5.32 Å². The maximum atomic E-state index is 12.1. The monoisotopic (exact) mass is 400 g/mol. The average molecular weight is 401 g/mol. The second-order valence-corrected chi connectivity index (χ2v) is 6.66. The Morgan fingerprint density at radius 1 is 0.923 bits per heavy atom. The summed E-state index contributed by atoms with van der Waals surface area (Å²) in [7, 11) is 0. The van der Waals surface area contributed by atoms with E-state index in [0.717, 1.165) is 16.3 Å². The Morgan fingerprint density at radius 2 is 1.58 bits per heavy atom. The first-order valence-corrected chi connectivity index (χ1v) is 8.93. The van der Waals surface area contributed by atoms with Gasteiger partial charge in [0.25, 0.3) is 0 Å². The predicted molar refractivity (Wildman–Crippen MR) is 114 cm³/mol. The Labute approximate surface area is 166 Å². The van der Waals surface area contributed by atoms with Crippen LogP contribution in [0.15, 0.2) is 66.7 Å². The molecule has 6 heteroatoms. The van der Waals surface area contributed by atoms with Gasteiger partial charge in [-0.3, -0.25) is 10.1 Å². The molecular weight excluding hydrogens is 387 g/mol. The van der Waals surface area contributed by atoms with Gasteiger partial charge in [0.05, 0.1) is 15.7 Å². The van der Waals surface area contributed by atoms with Crippen LogP contribution in [-0.2, 0) is 4.79 Å². The number of anilines is 1. The Kier molecular flexibility index (Phi) is 5.89. The molecule has 3 rings (SSSR count). The molecule has 3 aromatic carbocycles. The summed E-state index contributed by atoms with van der Waals surface area (Å²) in [6, 6.07) is 19.0. The molecule has 0 saturated heterocycles. The SMILES string of the molecule is O=C(/C=C/c1cccc2ccccc12)NC(=S)Nc1c(Cl)cccc1Cl. The average Bonchev–Trinajstić information content (AvgIpc) is 2.63. The molecule has 130 valence electrons. The molecule has 0 fully saturated rings. The molecule has 0 saturated carbocycles. The third-order valence-electron chi connectivity index (χ3n) is 3.68. The molecule has 0 spiro atoms. The highest BCUT2D eigenvalue weighted by Crippen LogP contribution is 2.29. The number of rotatable bonds is 3. The summed E-state index contributed by atoms with van der Waals surface area (Å²) in [6.07, 6.45) is 3.19. The maximum absolute atomic E-state index is 12.1. The van der Waals surface area contributed by atoms with Crippen LogP contribution in [0.1, 0.15) is 5.56 Å². The first-order chi connectivity index (χ1) is 12.5. The number of thiocarbonyl (C=S) groups is 1. The first-order valence-electron chi connectivity index (χ1n) is 7.76. The third-order valence-corrected chi connectivity index (χ3v) is 4.51. The minimum Gasteiger partial charge on any atom is -0.330 e. The number of hydrogen-bond acceptors (Lipinski definition) is 2. The predicted octanol–water partition coefficient (Wildman–Crippen LogP) is 5.67. The van der Waals surface area contributed by atoms with Gasteiger partial charge in [-0.15, -0.1) is 0 Å². The molecule has 1 amide bonds. The zero-order chi connectivity index (χ0) is 18.5. The zero-order valence-electron chi connectivity index (χ0n) is 13.5. The van der Waals surface area contributed by atoms with E-state index in [0.29, 0.717) is 15.7 Å². The first kappa shape index (κ1) is 18.4. The van der Waals surface area contributed by atoms with Crippen LogP contribution in [0, 0.1) is 0 Å². The number of hydrogen-bond donors (Lipinski definition) is 2. The number of carbonyl (C=O) groups excluding carboxylic acids is 1. The molecule has 26 heavy (non-hydrogen) atoms. The van der Waals surface area contributed by atoms with Gasteiger partial charge in [-0.2, -0.15) is 0 Å². The number of halogens is 2. The van der Waals surface area contributed by atoms with Crippen molar-refractivity contribution in [2.75, 3.05) is 5.32 Å². The van der Waals surface area contributed by atoms with Crippen molar-refractivity contribution in [3.05, 3.63) is 82.3 Å². The number of para-hydroxylation sites is 1. The van der Waals surface area contributed by atoms with Gasteiger partial charge in [-0.1, -0.05) is 71.7 Å². The largest absolute Gasteiger partial charge is 0.330 e. The maximum Gasteiger partial charge on any atom is 0.250 e. The zero-order valence-corrected chi connectivity index (χ0v) is 15.8. The topological polar surface area (TPSA) is 41.1 Å². The molecule has 0 radical (unpaired) electrons. The lowest BCUT2D eigenvalue weighted by molar-refractivity contribution is -0.115. The van der Waals surface area contributed by atoms with Crippen LogP contribution < -0.4 is 10.6 Å². The van der Waals surface area contributed by atoms with Crippen LogP contribution in [0.3, 0.4) is 0 Å². The van der Waals surface area contributed by atoms with E-state index in [1.54, 1.807) is 24.3 Å². The fourth-order valence-corrected chi connectivity index (χ4v) is 3.17. The second-order valence-electron chi connectivity index (χ2n) is 5.44. The third kappa shape index (κ3) is 4.41. The van der Waals surface area contributed by atoms with E-state index in [9.17, 15) is 4.79 Å². The number of nitrogens with one attached hydrogen (secondary N) is 2. The van der Waals surface area contributed by atoms with E-state index in [-0.39, 0.29) is 11.0 Å². The van der Waals surface area contributed by atoms with Gasteiger partial charge in [0, 0.05) is 6.08 Å². The van der Waals surface area contributed by atoms with Crippen LogP contribution in [0.25, 0.3) is 16.8 Å². The molecule has 0 unspecified atom stereocenters. The molecule has 0 aliphatic heterocycles. The van der Waals surface area contributed by atoms with Gasteiger partial charge >= 0.3 is 0 Å². The Hall–Kier alpha value is -2.40. The number of benzene rings is 3. The quantitative estimate of drug-likeness (QED) is 0.439. The number of fused-ring (bicyclic) bond motifs is 1. The van der Waals surface area contributed by atoms with E-state index >= 15 is 0 Å². The van der Waals surface area contributed by atoms with Crippen molar-refractivity contribution < 1.29 is 4.79 Å². The highest BCUT2D eigenvalue weighted by molar-refractivity contribution is 7.80. The highest BCUT2D eigenvalue weighted by Gasteiger charge is 2.08. The molecule has 3 aromatic rings. The molecule has 0 aliphatic carbocycles. The Balaban J connectivity index is 1.68. The molecule has 0 atom stereocenters. The summed E-state index contributed by atoms with van der Waals surface area (Å²) in [4.78, 5) is 12.1. The van der Waals surface area contributed by atoms with Crippen molar-refractivity contribution >= 4 is 69.0 Å². The van der Waals surface area contributed by atoms with Gasteiger partial charge in [0.1, 0.15) is 0 Å². The van der Waals surface area contributed by atoms with Gasteiger partial charge in [0.2, 0.25) is 5.91 Å². The van der Waals surface area contributed by atoms with E-state index in [1.165, 1.54) is 6.08 Å². The van der Waals surface area contributed by atoms with E-state index in [1.807, 2.05) is 42.5 Å². The summed E-state index contributed by atoms with van der Waals surface area (Å²) in [6.45, 7) is 0. The van der Waals surface area contributed by atoms with Crippen molar-refractivity contribution in [2.45, 2.75) is 0 Å². The van der Waals surface area contributed by atoms with E-state index < -0.39 is 0 Å². The van der Waals surface area contributed by atoms with Crippen molar-refractivity contribution in [1.82, 2.24) is 5.32 Å². The van der Waals surface area contributed by atoms with Crippen molar-refractivity contribution in [1.29, 1.82) is 0 Å². The molecule has 0 heterocycles. The summed E-state index contributed by atoms with van der Waals surface area (Å²) in [5, 5.41) is 8.55. The lowest BCUT2D eigenvalue weighted by Crippen LogP contribution is -2.33. The van der Waals surface area contributed by atoms with Crippen LogP contribution in [0.2, 0.25) is 10.0 Å². The van der Waals surface area contributed by atoms with Crippen molar-refractivity contribution in [3.8, 4) is 0 Å². The fraction of sp³-hybridized carbons (Fsp3) is 0. The van der Waals surface area contributed by atoms with Gasteiger partial charge in [-0.25, -0.2) is 0 Å². The molecule has 0 aromatic heterocycles. The lowest BCUT2D eigenvalue weighted by Gasteiger charge is -2.11. The van der Waals surface area contributed by atoms with Crippen molar-refractivity contribution in [2.24, 2.45) is 0 Å². The minimum absolute atomic E-state index is 0.118. The molecule has 0 aliphatic rings. The summed E-state index contributed by atoms with van der Waals surface area (Å²) in [5.74, 6) is -0.349. The molecule has 2 N–H and O–H groups in total.